The topological polar surface area (TPSA) is 122 Å². The summed E-state index contributed by atoms with van der Waals surface area (Å²) in [6, 6.07) is 23.9. The van der Waals surface area contributed by atoms with Crippen molar-refractivity contribution >= 4 is 5.97 Å². The number of carbonyl (C=O) groups is 1. The van der Waals surface area contributed by atoms with Crippen molar-refractivity contribution in [1.29, 1.82) is 0 Å². The Morgan fingerprint density at radius 3 is 2.26 bits per heavy atom. The highest BCUT2D eigenvalue weighted by molar-refractivity contribution is 5.80. The van der Waals surface area contributed by atoms with Crippen LogP contribution in [-0.2, 0) is 17.8 Å². The number of benzene rings is 3. The number of carboxylic acid groups (broad SMARTS) is 1. The van der Waals surface area contributed by atoms with E-state index in [1.54, 1.807) is 6.92 Å². The fourth-order valence-corrected chi connectivity index (χ4v) is 4.47. The van der Waals surface area contributed by atoms with E-state index in [4.69, 9.17) is 10.1 Å². The summed E-state index contributed by atoms with van der Waals surface area (Å²) in [5.74, 6) is 1.29. The van der Waals surface area contributed by atoms with Crippen molar-refractivity contribution in [2.45, 2.75) is 46.1 Å². The van der Waals surface area contributed by atoms with Gasteiger partial charge in [0.1, 0.15) is 0 Å². The van der Waals surface area contributed by atoms with E-state index < -0.39 is 11.9 Å². The van der Waals surface area contributed by atoms with Crippen LogP contribution in [0.3, 0.4) is 0 Å². The molecular weight excluding hydrogens is 490 g/mol. The van der Waals surface area contributed by atoms with Crippen molar-refractivity contribution in [2.24, 2.45) is 5.92 Å². The Kier molecular flexibility index (Phi) is 7.58. The number of aliphatic carboxylic acids is 1. The fourth-order valence-electron chi connectivity index (χ4n) is 4.47. The van der Waals surface area contributed by atoms with Crippen LogP contribution in [0.15, 0.2) is 72.8 Å². The third kappa shape index (κ3) is 5.93. The van der Waals surface area contributed by atoms with Gasteiger partial charge in [-0.25, -0.2) is 9.67 Å². The van der Waals surface area contributed by atoms with E-state index in [0.717, 1.165) is 57.9 Å². The number of hydrogen-bond acceptors (Lipinski definition) is 6. The summed E-state index contributed by atoms with van der Waals surface area (Å²) in [5.41, 5.74) is 5.75. The first kappa shape index (κ1) is 26.0. The molecule has 1 atom stereocenters. The molecule has 0 saturated carbocycles. The Labute approximate surface area is 227 Å². The van der Waals surface area contributed by atoms with Gasteiger partial charge in [-0.05, 0) is 46.7 Å². The van der Waals surface area contributed by atoms with Crippen molar-refractivity contribution in [3.8, 4) is 33.9 Å². The Morgan fingerprint density at radius 1 is 0.923 bits per heavy atom. The van der Waals surface area contributed by atoms with Crippen molar-refractivity contribution in [2.75, 3.05) is 0 Å². The van der Waals surface area contributed by atoms with Crippen molar-refractivity contribution < 1.29 is 9.90 Å². The first-order chi connectivity index (χ1) is 18.9. The van der Waals surface area contributed by atoms with Gasteiger partial charge in [-0.3, -0.25) is 4.79 Å². The summed E-state index contributed by atoms with van der Waals surface area (Å²) in [6.45, 7) is 6.63. The maximum atomic E-state index is 11.4. The SMILES string of the molecule is CC(C)CCc1nc(-c2ccc(C(C)C(=O)O)cc2)n(Cc2ccc(-c3ccccc3-c3nn[nH]n3)cc2)n1. The van der Waals surface area contributed by atoms with Crippen LogP contribution in [0.1, 0.15) is 50.1 Å². The molecule has 9 nitrogen and oxygen atoms in total. The fraction of sp³-hybridized carbons (Fsp3) is 0.267. The number of H-pyrrole nitrogens is 1. The molecule has 2 N–H and O–H groups in total. The van der Waals surface area contributed by atoms with E-state index in [-0.39, 0.29) is 0 Å². The highest BCUT2D eigenvalue weighted by Gasteiger charge is 2.17. The number of tetrazole rings is 1. The van der Waals surface area contributed by atoms with Gasteiger partial charge in [0.15, 0.2) is 11.6 Å². The van der Waals surface area contributed by atoms with Gasteiger partial charge >= 0.3 is 5.97 Å². The van der Waals surface area contributed by atoms with Gasteiger partial charge < -0.3 is 5.11 Å². The van der Waals surface area contributed by atoms with Gasteiger partial charge in [0.25, 0.3) is 0 Å². The van der Waals surface area contributed by atoms with E-state index in [9.17, 15) is 9.90 Å². The predicted molar refractivity (Wildman–Crippen MR) is 149 cm³/mol. The van der Waals surface area contributed by atoms with Crippen molar-refractivity contribution in [1.82, 2.24) is 35.4 Å². The quantitative estimate of drug-likeness (QED) is 0.245. The van der Waals surface area contributed by atoms with Gasteiger partial charge in [0.05, 0.1) is 12.5 Å². The molecule has 2 aromatic heterocycles. The molecule has 0 aliphatic rings. The lowest BCUT2D eigenvalue weighted by atomic mass is 9.98. The number of hydrogen-bond donors (Lipinski definition) is 2. The zero-order chi connectivity index (χ0) is 27.4. The molecule has 5 rings (SSSR count). The monoisotopic (exact) mass is 521 g/mol. The number of aromatic amines is 1. The maximum Gasteiger partial charge on any atom is 0.310 e. The van der Waals surface area contributed by atoms with Gasteiger partial charge in [0.2, 0.25) is 5.82 Å². The molecule has 0 bridgehead atoms. The standard InChI is InChI=1S/C30H31N7O2/c1-19(2)8-17-27-31-29(24-15-13-22(14-16-24)20(3)30(38)39)37(34-27)18-21-9-11-23(12-10-21)25-6-4-5-7-26(25)28-32-35-36-33-28/h4-7,9-16,19-20H,8,17-18H2,1-3H3,(H,38,39)(H,32,33,35,36). The smallest absolute Gasteiger partial charge is 0.310 e. The summed E-state index contributed by atoms with van der Waals surface area (Å²) in [4.78, 5) is 16.3. The van der Waals surface area contributed by atoms with Crippen LogP contribution in [0.2, 0.25) is 0 Å². The average Bonchev–Trinajstić information content (AvgIpc) is 3.63. The summed E-state index contributed by atoms with van der Waals surface area (Å²) in [7, 11) is 0. The number of aryl methyl sites for hydroxylation is 1. The van der Waals surface area contributed by atoms with Gasteiger partial charge in [-0.1, -0.05) is 86.6 Å². The highest BCUT2D eigenvalue weighted by atomic mass is 16.4. The summed E-state index contributed by atoms with van der Waals surface area (Å²) >= 11 is 0. The molecule has 0 fully saturated rings. The molecule has 1 unspecified atom stereocenters. The van der Waals surface area contributed by atoms with Crippen LogP contribution >= 0.6 is 0 Å². The zero-order valence-corrected chi connectivity index (χ0v) is 22.2. The molecule has 5 aromatic rings. The normalized spacial score (nSPS) is 12.1. The Balaban J connectivity index is 1.43. The van der Waals surface area contributed by atoms with Gasteiger partial charge in [-0.15, -0.1) is 10.2 Å². The molecule has 0 saturated heterocycles. The second-order valence-corrected chi connectivity index (χ2v) is 10.1. The van der Waals surface area contributed by atoms with Gasteiger partial charge in [0, 0.05) is 17.5 Å². The summed E-state index contributed by atoms with van der Waals surface area (Å²) in [6.07, 6.45) is 1.81. The Morgan fingerprint density at radius 2 is 1.62 bits per heavy atom. The predicted octanol–water partition coefficient (Wildman–Crippen LogP) is 5.62. The lowest BCUT2D eigenvalue weighted by Crippen LogP contribution is -2.07. The van der Waals surface area contributed by atoms with E-state index in [2.05, 4.69) is 58.7 Å². The van der Waals surface area contributed by atoms with E-state index >= 15 is 0 Å². The summed E-state index contributed by atoms with van der Waals surface area (Å²) in [5, 5.41) is 28.7. The van der Waals surface area contributed by atoms with Crippen molar-refractivity contribution in [3.63, 3.8) is 0 Å². The number of nitrogens with one attached hydrogen (secondary N) is 1. The molecule has 0 aliphatic carbocycles. The molecule has 0 amide bonds. The lowest BCUT2D eigenvalue weighted by Gasteiger charge is -2.10. The van der Waals surface area contributed by atoms with Crippen molar-refractivity contribution in [3.05, 3.63) is 89.7 Å². The molecular formula is C30H31N7O2. The third-order valence-corrected chi connectivity index (χ3v) is 6.81. The Hall–Kier alpha value is -4.66. The minimum atomic E-state index is -0.842. The van der Waals surface area contributed by atoms with E-state index in [1.165, 1.54) is 0 Å². The number of carboxylic acids is 1. The second-order valence-electron chi connectivity index (χ2n) is 10.1. The number of aromatic nitrogens is 7. The number of rotatable bonds is 10. The van der Waals surface area contributed by atoms with Gasteiger partial charge in [-0.2, -0.15) is 10.3 Å². The molecule has 39 heavy (non-hydrogen) atoms. The first-order valence-electron chi connectivity index (χ1n) is 13.1. The average molecular weight is 522 g/mol. The van der Waals surface area contributed by atoms with Crippen LogP contribution < -0.4 is 0 Å². The van der Waals surface area contributed by atoms with Crippen LogP contribution in [0.5, 0.6) is 0 Å². The highest BCUT2D eigenvalue weighted by Crippen LogP contribution is 2.30. The zero-order valence-electron chi connectivity index (χ0n) is 22.2. The third-order valence-electron chi connectivity index (χ3n) is 6.81. The Bertz CT molecular complexity index is 1540. The first-order valence-corrected chi connectivity index (χ1v) is 13.1. The maximum absolute atomic E-state index is 11.4. The molecule has 3 aromatic carbocycles. The van der Waals surface area contributed by atoms with Crippen LogP contribution in [0.25, 0.3) is 33.9 Å². The lowest BCUT2D eigenvalue weighted by molar-refractivity contribution is -0.138. The van der Waals surface area contributed by atoms with E-state index in [0.29, 0.717) is 18.3 Å². The molecule has 9 heteroatoms. The molecule has 198 valence electrons. The van der Waals surface area contributed by atoms with Crippen LogP contribution in [-0.4, -0.2) is 46.5 Å². The molecule has 2 heterocycles. The van der Waals surface area contributed by atoms with Crippen LogP contribution in [0, 0.1) is 5.92 Å². The summed E-state index contributed by atoms with van der Waals surface area (Å²) < 4.78 is 1.94. The minimum absolute atomic E-state index is 0.555. The molecule has 0 spiro atoms. The van der Waals surface area contributed by atoms with E-state index in [1.807, 2.05) is 53.2 Å². The largest absolute Gasteiger partial charge is 0.481 e. The minimum Gasteiger partial charge on any atom is -0.481 e. The number of nitrogens with zero attached hydrogens (tertiary/aromatic N) is 6. The second kappa shape index (κ2) is 11.4. The molecule has 0 aliphatic heterocycles. The molecule has 0 radical (unpaired) electrons. The van der Waals surface area contributed by atoms with Crippen LogP contribution in [0.4, 0.5) is 0 Å².